The molecule has 0 saturated carbocycles. The molecule has 0 heterocycles. The number of hydrogen-bond acceptors (Lipinski definition) is 4. The standard InChI is InChI=1S/C13H19NO4/c1-17-9-7-14-13(16)10-18-12-5-3-2-4-11(12)6-8-15/h2-5,15H,6-10H2,1H3,(H,14,16). The van der Waals surface area contributed by atoms with Gasteiger partial charge in [0.25, 0.3) is 5.91 Å². The maximum Gasteiger partial charge on any atom is 0.258 e. The highest BCUT2D eigenvalue weighted by Crippen LogP contribution is 2.17. The quantitative estimate of drug-likeness (QED) is 0.657. The summed E-state index contributed by atoms with van der Waals surface area (Å²) in [4.78, 5) is 11.4. The Labute approximate surface area is 107 Å². The largest absolute Gasteiger partial charge is 0.483 e. The number of aliphatic hydroxyl groups is 1. The number of nitrogens with one attached hydrogen (secondary N) is 1. The lowest BCUT2D eigenvalue weighted by atomic mass is 10.1. The summed E-state index contributed by atoms with van der Waals surface area (Å²) in [6, 6.07) is 7.36. The number of amides is 1. The van der Waals surface area contributed by atoms with Crippen LogP contribution in [0.2, 0.25) is 0 Å². The average Bonchev–Trinajstić information content (AvgIpc) is 2.38. The number of rotatable bonds is 8. The molecular weight excluding hydrogens is 234 g/mol. The van der Waals surface area contributed by atoms with Crippen molar-refractivity contribution in [2.45, 2.75) is 6.42 Å². The van der Waals surface area contributed by atoms with Crippen molar-refractivity contribution >= 4 is 5.91 Å². The molecule has 0 aromatic heterocycles. The summed E-state index contributed by atoms with van der Waals surface area (Å²) in [7, 11) is 1.58. The third kappa shape index (κ3) is 5.16. The van der Waals surface area contributed by atoms with Crippen LogP contribution in [0.25, 0.3) is 0 Å². The minimum absolute atomic E-state index is 0.0356. The second-order valence-electron chi connectivity index (χ2n) is 3.71. The Bertz CT molecular complexity index is 368. The lowest BCUT2D eigenvalue weighted by Gasteiger charge is -2.10. The SMILES string of the molecule is COCCNC(=O)COc1ccccc1CCO. The van der Waals surface area contributed by atoms with Gasteiger partial charge < -0.3 is 19.9 Å². The van der Waals surface area contributed by atoms with Gasteiger partial charge in [-0.3, -0.25) is 4.79 Å². The number of methoxy groups -OCH3 is 1. The molecule has 2 N–H and O–H groups in total. The van der Waals surface area contributed by atoms with Crippen molar-refractivity contribution < 1.29 is 19.4 Å². The van der Waals surface area contributed by atoms with Crippen LogP contribution in [-0.4, -0.2) is 44.5 Å². The van der Waals surface area contributed by atoms with Crippen molar-refractivity contribution in [2.24, 2.45) is 0 Å². The van der Waals surface area contributed by atoms with Crippen LogP contribution in [0.3, 0.4) is 0 Å². The zero-order chi connectivity index (χ0) is 13.2. The third-order valence-corrected chi connectivity index (χ3v) is 2.34. The summed E-state index contributed by atoms with van der Waals surface area (Å²) in [6.45, 7) is 0.969. The molecule has 0 fully saturated rings. The van der Waals surface area contributed by atoms with Crippen LogP contribution in [-0.2, 0) is 16.0 Å². The lowest BCUT2D eigenvalue weighted by Crippen LogP contribution is -2.31. The molecule has 0 saturated heterocycles. The number of carbonyl (C=O) groups is 1. The third-order valence-electron chi connectivity index (χ3n) is 2.34. The molecular formula is C13H19NO4. The molecule has 0 atom stereocenters. The highest BCUT2D eigenvalue weighted by Gasteiger charge is 2.05. The van der Waals surface area contributed by atoms with E-state index in [1.54, 1.807) is 13.2 Å². The van der Waals surface area contributed by atoms with Gasteiger partial charge in [-0.15, -0.1) is 0 Å². The average molecular weight is 253 g/mol. The predicted molar refractivity (Wildman–Crippen MR) is 67.6 cm³/mol. The van der Waals surface area contributed by atoms with Crippen LogP contribution in [0.5, 0.6) is 5.75 Å². The molecule has 1 rings (SSSR count). The van der Waals surface area contributed by atoms with Crippen molar-refractivity contribution in [1.29, 1.82) is 0 Å². The van der Waals surface area contributed by atoms with Gasteiger partial charge in [-0.25, -0.2) is 0 Å². The summed E-state index contributed by atoms with van der Waals surface area (Å²) < 4.78 is 10.2. The van der Waals surface area contributed by atoms with Gasteiger partial charge >= 0.3 is 0 Å². The smallest absolute Gasteiger partial charge is 0.258 e. The highest BCUT2D eigenvalue weighted by atomic mass is 16.5. The first-order chi connectivity index (χ1) is 8.77. The molecule has 0 unspecified atom stereocenters. The van der Waals surface area contributed by atoms with Crippen molar-refractivity contribution in [3.63, 3.8) is 0 Å². The fraction of sp³-hybridized carbons (Fsp3) is 0.462. The molecule has 1 aromatic carbocycles. The summed E-state index contributed by atoms with van der Waals surface area (Å²) in [5, 5.41) is 11.6. The number of carbonyl (C=O) groups excluding carboxylic acids is 1. The van der Waals surface area contributed by atoms with Gasteiger partial charge in [0.1, 0.15) is 5.75 Å². The Hall–Kier alpha value is -1.59. The zero-order valence-corrected chi connectivity index (χ0v) is 10.5. The van der Waals surface area contributed by atoms with Crippen molar-refractivity contribution in [3.05, 3.63) is 29.8 Å². The fourth-order valence-electron chi connectivity index (χ4n) is 1.46. The van der Waals surface area contributed by atoms with Crippen LogP contribution >= 0.6 is 0 Å². The summed E-state index contributed by atoms with van der Waals surface area (Å²) in [5.41, 5.74) is 0.893. The Kier molecular flexibility index (Phi) is 6.83. The summed E-state index contributed by atoms with van der Waals surface area (Å²) in [6.07, 6.45) is 0.515. The van der Waals surface area contributed by atoms with E-state index >= 15 is 0 Å². The number of hydrogen-bond donors (Lipinski definition) is 2. The van der Waals surface area contributed by atoms with Gasteiger partial charge in [-0.05, 0) is 18.1 Å². The van der Waals surface area contributed by atoms with E-state index in [9.17, 15) is 4.79 Å². The van der Waals surface area contributed by atoms with Crippen molar-refractivity contribution in [2.75, 3.05) is 33.5 Å². The summed E-state index contributed by atoms with van der Waals surface area (Å²) >= 11 is 0. The van der Waals surface area contributed by atoms with Gasteiger partial charge in [-0.2, -0.15) is 0 Å². The highest BCUT2D eigenvalue weighted by molar-refractivity contribution is 5.77. The summed E-state index contributed by atoms with van der Waals surface area (Å²) in [5.74, 6) is 0.444. The van der Waals surface area contributed by atoms with Crippen LogP contribution in [0.4, 0.5) is 0 Å². The monoisotopic (exact) mass is 253 g/mol. The number of para-hydroxylation sites is 1. The predicted octanol–water partition coefficient (Wildman–Crippen LogP) is 0.363. The topological polar surface area (TPSA) is 67.8 Å². The van der Waals surface area contributed by atoms with Gasteiger partial charge in [0.05, 0.1) is 6.61 Å². The van der Waals surface area contributed by atoms with E-state index in [-0.39, 0.29) is 19.1 Å². The van der Waals surface area contributed by atoms with E-state index in [1.807, 2.05) is 18.2 Å². The van der Waals surface area contributed by atoms with Crippen molar-refractivity contribution in [1.82, 2.24) is 5.32 Å². The van der Waals surface area contributed by atoms with E-state index in [4.69, 9.17) is 14.6 Å². The maximum atomic E-state index is 11.4. The number of aliphatic hydroxyl groups excluding tert-OH is 1. The van der Waals surface area contributed by atoms with Gasteiger partial charge in [0.2, 0.25) is 0 Å². The Morgan fingerprint density at radius 3 is 2.89 bits per heavy atom. The lowest BCUT2D eigenvalue weighted by molar-refractivity contribution is -0.123. The molecule has 1 amide bonds. The molecule has 0 aliphatic carbocycles. The van der Waals surface area contributed by atoms with Crippen LogP contribution < -0.4 is 10.1 Å². The first-order valence-corrected chi connectivity index (χ1v) is 5.85. The first kappa shape index (κ1) is 14.5. The Morgan fingerprint density at radius 2 is 2.17 bits per heavy atom. The molecule has 0 bridgehead atoms. The van der Waals surface area contributed by atoms with E-state index in [1.165, 1.54) is 0 Å². The fourth-order valence-corrected chi connectivity index (χ4v) is 1.46. The molecule has 0 radical (unpaired) electrons. The molecule has 0 spiro atoms. The molecule has 100 valence electrons. The number of ether oxygens (including phenoxy) is 2. The molecule has 5 heteroatoms. The first-order valence-electron chi connectivity index (χ1n) is 5.85. The molecule has 18 heavy (non-hydrogen) atoms. The molecule has 5 nitrogen and oxygen atoms in total. The zero-order valence-electron chi connectivity index (χ0n) is 10.5. The maximum absolute atomic E-state index is 11.4. The number of benzene rings is 1. The van der Waals surface area contributed by atoms with E-state index in [0.29, 0.717) is 25.3 Å². The normalized spacial score (nSPS) is 10.1. The van der Waals surface area contributed by atoms with Gasteiger partial charge in [0.15, 0.2) is 6.61 Å². The van der Waals surface area contributed by atoms with E-state index in [0.717, 1.165) is 5.56 Å². The van der Waals surface area contributed by atoms with Gasteiger partial charge in [0, 0.05) is 20.3 Å². The second kappa shape index (κ2) is 8.49. The van der Waals surface area contributed by atoms with Crippen LogP contribution in [0.15, 0.2) is 24.3 Å². The minimum Gasteiger partial charge on any atom is -0.483 e. The van der Waals surface area contributed by atoms with Crippen LogP contribution in [0, 0.1) is 0 Å². The minimum atomic E-state index is -0.189. The van der Waals surface area contributed by atoms with Crippen molar-refractivity contribution in [3.8, 4) is 5.75 Å². The van der Waals surface area contributed by atoms with Crippen LogP contribution in [0.1, 0.15) is 5.56 Å². The second-order valence-corrected chi connectivity index (χ2v) is 3.71. The molecule has 0 aliphatic heterocycles. The Morgan fingerprint density at radius 1 is 1.39 bits per heavy atom. The molecule has 1 aromatic rings. The Balaban J connectivity index is 2.40. The van der Waals surface area contributed by atoms with E-state index < -0.39 is 0 Å². The molecule has 0 aliphatic rings. The van der Waals surface area contributed by atoms with Gasteiger partial charge in [-0.1, -0.05) is 18.2 Å². The van der Waals surface area contributed by atoms with E-state index in [2.05, 4.69) is 5.32 Å².